The van der Waals surface area contributed by atoms with Crippen molar-refractivity contribution in [2.45, 2.75) is 59.2 Å². The van der Waals surface area contributed by atoms with Crippen LogP contribution in [0.15, 0.2) is 0 Å². The number of aryl methyl sites for hydroxylation is 2. The first-order valence-electron chi connectivity index (χ1n) is 7.04. The molecule has 0 aromatic carbocycles. The van der Waals surface area contributed by atoms with Gasteiger partial charge in [-0.05, 0) is 33.7 Å². The van der Waals surface area contributed by atoms with Crippen LogP contribution in [-0.4, -0.2) is 39.5 Å². The predicted molar refractivity (Wildman–Crippen MR) is 79.5 cm³/mol. The fourth-order valence-electron chi connectivity index (χ4n) is 1.98. The molecule has 19 heavy (non-hydrogen) atoms. The summed E-state index contributed by atoms with van der Waals surface area (Å²) in [5.41, 5.74) is 2.11. The second kappa shape index (κ2) is 7.88. The van der Waals surface area contributed by atoms with Gasteiger partial charge >= 0.3 is 0 Å². The summed E-state index contributed by atoms with van der Waals surface area (Å²) in [6.45, 7) is 8.50. The van der Waals surface area contributed by atoms with Gasteiger partial charge in [0.05, 0.1) is 11.8 Å². The summed E-state index contributed by atoms with van der Waals surface area (Å²) in [6.07, 6.45) is 2.75. The summed E-state index contributed by atoms with van der Waals surface area (Å²) in [4.78, 5) is 2.17. The van der Waals surface area contributed by atoms with E-state index >= 15 is 0 Å². The van der Waals surface area contributed by atoms with Crippen LogP contribution in [0.4, 0.5) is 0 Å². The van der Waals surface area contributed by atoms with E-state index in [2.05, 4.69) is 16.9 Å². The molecule has 5 heteroatoms. The Bertz CT molecular complexity index is 390. The van der Waals surface area contributed by atoms with E-state index in [1.807, 2.05) is 25.6 Å². The van der Waals surface area contributed by atoms with Crippen LogP contribution in [0.25, 0.3) is 0 Å². The summed E-state index contributed by atoms with van der Waals surface area (Å²) in [7, 11) is 2.04. The van der Waals surface area contributed by atoms with Crippen LogP contribution >= 0.6 is 11.6 Å². The van der Waals surface area contributed by atoms with Gasteiger partial charge in [-0.15, -0.1) is 0 Å². The Morgan fingerprint density at radius 1 is 1.47 bits per heavy atom. The summed E-state index contributed by atoms with van der Waals surface area (Å²) in [5, 5.41) is 14.6. The second-order valence-corrected chi connectivity index (χ2v) is 5.66. The lowest BCUT2D eigenvalue weighted by molar-refractivity contribution is 0.163. The minimum atomic E-state index is -0.258. The Balaban J connectivity index is 2.64. The van der Waals surface area contributed by atoms with Crippen molar-refractivity contribution in [3.05, 3.63) is 16.4 Å². The number of aliphatic hydroxyl groups is 1. The van der Waals surface area contributed by atoms with Gasteiger partial charge < -0.3 is 10.0 Å². The third kappa shape index (κ3) is 5.13. The first-order valence-corrected chi connectivity index (χ1v) is 7.41. The van der Waals surface area contributed by atoms with Gasteiger partial charge in [-0.1, -0.05) is 24.9 Å². The number of nitrogens with zero attached hydrogens (tertiary/aromatic N) is 3. The van der Waals surface area contributed by atoms with Crippen LogP contribution in [0.3, 0.4) is 0 Å². The van der Waals surface area contributed by atoms with Crippen molar-refractivity contribution in [1.82, 2.24) is 14.7 Å². The van der Waals surface area contributed by atoms with Crippen molar-refractivity contribution in [1.29, 1.82) is 0 Å². The smallest absolute Gasteiger partial charge is 0.131 e. The molecule has 0 fully saturated rings. The van der Waals surface area contributed by atoms with E-state index in [4.69, 9.17) is 11.6 Å². The molecule has 0 amide bonds. The molecule has 1 rings (SSSR count). The number of hydrogen-bond donors (Lipinski definition) is 1. The Labute approximate surface area is 121 Å². The van der Waals surface area contributed by atoms with Crippen molar-refractivity contribution in [3.63, 3.8) is 0 Å². The molecule has 1 unspecified atom stereocenters. The van der Waals surface area contributed by atoms with Gasteiger partial charge in [0.25, 0.3) is 0 Å². The molecular formula is C14H26ClN3O. The molecule has 0 spiro atoms. The summed E-state index contributed by atoms with van der Waals surface area (Å²) < 4.78 is 1.90. The third-order valence-corrected chi connectivity index (χ3v) is 3.69. The van der Waals surface area contributed by atoms with Gasteiger partial charge in [0.15, 0.2) is 0 Å². The van der Waals surface area contributed by atoms with Crippen LogP contribution in [0.2, 0.25) is 5.15 Å². The van der Waals surface area contributed by atoms with Gasteiger partial charge in [0.2, 0.25) is 0 Å². The molecule has 110 valence electrons. The standard InChI is InChI=1S/C14H26ClN3O/c1-5-6-8-18-14(15)13(12(3)16-18)10-17(4)9-7-11(2)19/h11,19H,5-10H2,1-4H3. The molecule has 0 aliphatic rings. The molecular weight excluding hydrogens is 262 g/mol. The molecule has 4 nitrogen and oxygen atoms in total. The van der Waals surface area contributed by atoms with Crippen LogP contribution in [-0.2, 0) is 13.1 Å². The zero-order valence-electron chi connectivity index (χ0n) is 12.5. The Morgan fingerprint density at radius 2 is 2.16 bits per heavy atom. The average molecular weight is 288 g/mol. The number of halogens is 1. The summed E-state index contributed by atoms with van der Waals surface area (Å²) in [5.74, 6) is 0. The van der Waals surface area contributed by atoms with E-state index < -0.39 is 0 Å². The highest BCUT2D eigenvalue weighted by Gasteiger charge is 2.14. The molecule has 0 saturated carbocycles. The van der Waals surface area contributed by atoms with Gasteiger partial charge in [-0.2, -0.15) is 5.10 Å². The molecule has 0 saturated heterocycles. The topological polar surface area (TPSA) is 41.3 Å². The summed E-state index contributed by atoms with van der Waals surface area (Å²) >= 11 is 6.40. The number of aromatic nitrogens is 2. The van der Waals surface area contributed by atoms with E-state index in [1.54, 1.807) is 0 Å². The molecule has 1 atom stereocenters. The van der Waals surface area contributed by atoms with Gasteiger partial charge in [-0.25, -0.2) is 0 Å². The number of unbranched alkanes of at least 4 members (excludes halogenated alkanes) is 1. The second-order valence-electron chi connectivity index (χ2n) is 5.31. The fourth-order valence-corrected chi connectivity index (χ4v) is 2.30. The largest absolute Gasteiger partial charge is 0.393 e. The van der Waals surface area contributed by atoms with Crippen LogP contribution in [0.5, 0.6) is 0 Å². The lowest BCUT2D eigenvalue weighted by Gasteiger charge is -2.17. The first-order chi connectivity index (χ1) is 8.95. The minimum absolute atomic E-state index is 0.258. The molecule has 0 aliphatic carbocycles. The highest BCUT2D eigenvalue weighted by Crippen LogP contribution is 2.21. The van der Waals surface area contributed by atoms with E-state index in [1.165, 1.54) is 0 Å². The molecule has 0 bridgehead atoms. The van der Waals surface area contributed by atoms with Crippen molar-refractivity contribution in [2.75, 3.05) is 13.6 Å². The predicted octanol–water partition coefficient (Wildman–Crippen LogP) is 2.85. The highest BCUT2D eigenvalue weighted by molar-refractivity contribution is 6.30. The molecule has 0 radical (unpaired) electrons. The summed E-state index contributed by atoms with van der Waals surface area (Å²) in [6, 6.07) is 0. The minimum Gasteiger partial charge on any atom is -0.393 e. The fraction of sp³-hybridized carbons (Fsp3) is 0.786. The Kier molecular flexibility index (Phi) is 6.83. The zero-order valence-corrected chi connectivity index (χ0v) is 13.2. The molecule has 1 aromatic heterocycles. The van der Waals surface area contributed by atoms with Gasteiger partial charge in [0, 0.05) is 25.2 Å². The van der Waals surface area contributed by atoms with Gasteiger partial charge in [0.1, 0.15) is 5.15 Å². The zero-order chi connectivity index (χ0) is 14.4. The van der Waals surface area contributed by atoms with Crippen molar-refractivity contribution in [3.8, 4) is 0 Å². The highest BCUT2D eigenvalue weighted by atomic mass is 35.5. The van der Waals surface area contributed by atoms with Crippen molar-refractivity contribution in [2.24, 2.45) is 0 Å². The molecule has 0 aliphatic heterocycles. The Hall–Kier alpha value is -0.580. The third-order valence-electron chi connectivity index (χ3n) is 3.26. The molecule has 1 aromatic rings. The van der Waals surface area contributed by atoms with Crippen LogP contribution in [0, 0.1) is 6.92 Å². The maximum atomic E-state index is 9.31. The monoisotopic (exact) mass is 287 g/mol. The van der Waals surface area contributed by atoms with E-state index in [9.17, 15) is 5.11 Å². The van der Waals surface area contributed by atoms with Crippen LogP contribution in [0.1, 0.15) is 44.4 Å². The lowest BCUT2D eigenvalue weighted by Crippen LogP contribution is -2.22. The maximum absolute atomic E-state index is 9.31. The van der Waals surface area contributed by atoms with Crippen LogP contribution < -0.4 is 0 Å². The first kappa shape index (κ1) is 16.5. The molecule has 1 heterocycles. The maximum Gasteiger partial charge on any atom is 0.131 e. The molecule has 1 N–H and O–H groups in total. The quantitative estimate of drug-likeness (QED) is 0.799. The number of hydrogen-bond acceptors (Lipinski definition) is 3. The number of aliphatic hydroxyl groups excluding tert-OH is 1. The lowest BCUT2D eigenvalue weighted by atomic mass is 10.2. The van der Waals surface area contributed by atoms with E-state index in [0.717, 1.165) is 55.3 Å². The van der Waals surface area contributed by atoms with E-state index in [0.29, 0.717) is 0 Å². The van der Waals surface area contributed by atoms with Gasteiger partial charge in [-0.3, -0.25) is 4.68 Å². The number of rotatable bonds is 8. The van der Waals surface area contributed by atoms with E-state index in [-0.39, 0.29) is 6.10 Å². The normalized spacial score (nSPS) is 13.2. The SMILES string of the molecule is CCCCn1nc(C)c(CN(C)CCC(C)O)c1Cl. The Morgan fingerprint density at radius 3 is 2.74 bits per heavy atom. The average Bonchev–Trinajstić information content (AvgIpc) is 2.61. The van der Waals surface area contributed by atoms with Crippen molar-refractivity contribution < 1.29 is 5.11 Å². The van der Waals surface area contributed by atoms with Crippen molar-refractivity contribution >= 4 is 11.6 Å².